The number of aromatic nitrogens is 1. The Hall–Kier alpha value is -1.45. The van der Waals surface area contributed by atoms with Crippen LogP contribution in [0.3, 0.4) is 0 Å². The van der Waals surface area contributed by atoms with Crippen molar-refractivity contribution in [3.63, 3.8) is 0 Å². The van der Waals surface area contributed by atoms with Gasteiger partial charge in [-0.3, -0.25) is 4.98 Å². The van der Waals surface area contributed by atoms with Crippen LogP contribution >= 0.6 is 0 Å². The van der Waals surface area contributed by atoms with Gasteiger partial charge in [0.2, 0.25) is 0 Å². The number of nitrogens with one attached hydrogen (secondary N) is 1. The van der Waals surface area contributed by atoms with Gasteiger partial charge in [-0.25, -0.2) is 0 Å². The summed E-state index contributed by atoms with van der Waals surface area (Å²) >= 11 is 0. The molecule has 1 aromatic carbocycles. The van der Waals surface area contributed by atoms with Gasteiger partial charge in [-0.2, -0.15) is 5.48 Å². The molecule has 90 valence electrons. The van der Waals surface area contributed by atoms with Crippen LogP contribution in [-0.2, 0) is 11.4 Å². The summed E-state index contributed by atoms with van der Waals surface area (Å²) in [6.07, 6.45) is 3.87. The summed E-state index contributed by atoms with van der Waals surface area (Å²) in [6.45, 7) is 5.09. The van der Waals surface area contributed by atoms with Crippen LogP contribution in [-0.4, -0.2) is 12.1 Å². The van der Waals surface area contributed by atoms with Gasteiger partial charge in [0.15, 0.2) is 0 Å². The number of fused-ring (bicyclic) bond motifs is 1. The molecular formula is C14H18N2O. The van der Waals surface area contributed by atoms with E-state index in [0.717, 1.165) is 0 Å². The van der Waals surface area contributed by atoms with E-state index in [-0.39, 0.29) is 0 Å². The van der Waals surface area contributed by atoms with Crippen molar-refractivity contribution in [1.82, 2.24) is 10.5 Å². The lowest BCUT2D eigenvalue weighted by atomic mass is 9.98. The normalized spacial score (nSPS) is 11.3. The lowest BCUT2D eigenvalue weighted by molar-refractivity contribution is 0.0867. The standard InChI is InChI=1S/C14H18N2O/c1-10(2)14-9-15-8-12-6-11(7-16-17-3)4-5-13(12)14/h4-6,8-10,16H,7H2,1-3H3. The minimum Gasteiger partial charge on any atom is -0.305 e. The first-order valence-corrected chi connectivity index (χ1v) is 5.84. The van der Waals surface area contributed by atoms with Crippen molar-refractivity contribution in [1.29, 1.82) is 0 Å². The Morgan fingerprint density at radius 3 is 2.82 bits per heavy atom. The average molecular weight is 230 g/mol. The molecule has 0 aliphatic carbocycles. The van der Waals surface area contributed by atoms with E-state index in [1.54, 1.807) is 7.11 Å². The number of benzene rings is 1. The summed E-state index contributed by atoms with van der Waals surface area (Å²) in [5.41, 5.74) is 5.34. The summed E-state index contributed by atoms with van der Waals surface area (Å²) in [6, 6.07) is 6.44. The average Bonchev–Trinajstić information content (AvgIpc) is 2.35. The molecule has 2 rings (SSSR count). The summed E-state index contributed by atoms with van der Waals surface area (Å²) < 4.78 is 0. The van der Waals surface area contributed by atoms with Gasteiger partial charge in [0.05, 0.1) is 7.11 Å². The molecular weight excluding hydrogens is 212 g/mol. The first-order chi connectivity index (χ1) is 8.22. The molecule has 0 saturated heterocycles. The molecule has 0 spiro atoms. The first-order valence-electron chi connectivity index (χ1n) is 5.84. The number of hydrogen-bond acceptors (Lipinski definition) is 3. The fourth-order valence-electron chi connectivity index (χ4n) is 1.97. The van der Waals surface area contributed by atoms with Gasteiger partial charge in [-0.15, -0.1) is 0 Å². The molecule has 0 saturated carbocycles. The van der Waals surface area contributed by atoms with Crippen LogP contribution in [0.2, 0.25) is 0 Å². The zero-order valence-electron chi connectivity index (χ0n) is 10.5. The largest absolute Gasteiger partial charge is 0.305 e. The highest BCUT2D eigenvalue weighted by Gasteiger charge is 2.05. The Morgan fingerprint density at radius 1 is 1.29 bits per heavy atom. The van der Waals surface area contributed by atoms with Crippen molar-refractivity contribution in [2.75, 3.05) is 7.11 Å². The quantitative estimate of drug-likeness (QED) is 0.820. The molecule has 3 heteroatoms. The van der Waals surface area contributed by atoms with Crippen molar-refractivity contribution in [3.05, 3.63) is 41.7 Å². The summed E-state index contributed by atoms with van der Waals surface area (Å²) in [4.78, 5) is 9.16. The molecule has 1 heterocycles. The molecule has 0 unspecified atom stereocenters. The van der Waals surface area contributed by atoms with E-state index in [1.807, 2.05) is 12.4 Å². The van der Waals surface area contributed by atoms with Gasteiger partial charge in [-0.1, -0.05) is 26.0 Å². The molecule has 17 heavy (non-hydrogen) atoms. The van der Waals surface area contributed by atoms with E-state index in [1.165, 1.54) is 21.9 Å². The number of pyridine rings is 1. The van der Waals surface area contributed by atoms with E-state index in [9.17, 15) is 0 Å². The zero-order valence-corrected chi connectivity index (χ0v) is 10.5. The number of hydroxylamine groups is 1. The van der Waals surface area contributed by atoms with Crippen molar-refractivity contribution in [3.8, 4) is 0 Å². The molecule has 1 N–H and O–H groups in total. The molecule has 3 nitrogen and oxygen atoms in total. The smallest absolute Gasteiger partial charge is 0.0572 e. The van der Waals surface area contributed by atoms with Gasteiger partial charge in [0, 0.05) is 24.3 Å². The van der Waals surface area contributed by atoms with Crippen LogP contribution < -0.4 is 5.48 Å². The van der Waals surface area contributed by atoms with E-state index in [4.69, 9.17) is 4.84 Å². The van der Waals surface area contributed by atoms with E-state index >= 15 is 0 Å². The minimum absolute atomic E-state index is 0.495. The molecule has 0 atom stereocenters. The third kappa shape index (κ3) is 2.62. The van der Waals surface area contributed by atoms with Gasteiger partial charge < -0.3 is 4.84 Å². The fraction of sp³-hybridized carbons (Fsp3) is 0.357. The third-order valence-electron chi connectivity index (χ3n) is 2.90. The van der Waals surface area contributed by atoms with E-state index in [0.29, 0.717) is 12.5 Å². The third-order valence-corrected chi connectivity index (χ3v) is 2.90. The maximum atomic E-state index is 4.85. The highest BCUT2D eigenvalue weighted by molar-refractivity contribution is 5.85. The maximum absolute atomic E-state index is 4.85. The predicted molar refractivity (Wildman–Crippen MR) is 69.7 cm³/mol. The number of nitrogens with zero attached hydrogens (tertiary/aromatic N) is 1. The Bertz CT molecular complexity index is 509. The summed E-state index contributed by atoms with van der Waals surface area (Å²) in [7, 11) is 1.62. The Morgan fingerprint density at radius 2 is 2.12 bits per heavy atom. The van der Waals surface area contributed by atoms with Crippen LogP contribution in [0.4, 0.5) is 0 Å². The summed E-state index contributed by atoms with van der Waals surface area (Å²) in [5, 5.41) is 2.47. The van der Waals surface area contributed by atoms with Crippen molar-refractivity contribution in [2.45, 2.75) is 26.3 Å². The number of hydrogen-bond donors (Lipinski definition) is 1. The van der Waals surface area contributed by atoms with Crippen molar-refractivity contribution in [2.24, 2.45) is 0 Å². The lowest BCUT2D eigenvalue weighted by Crippen LogP contribution is -2.10. The van der Waals surface area contributed by atoms with Crippen LogP contribution in [0.5, 0.6) is 0 Å². The second-order valence-corrected chi connectivity index (χ2v) is 4.46. The molecule has 0 amide bonds. The van der Waals surface area contributed by atoms with Crippen LogP contribution in [0.15, 0.2) is 30.6 Å². The molecule has 2 aromatic rings. The van der Waals surface area contributed by atoms with E-state index < -0.39 is 0 Å². The van der Waals surface area contributed by atoms with Gasteiger partial charge in [0.25, 0.3) is 0 Å². The minimum atomic E-state index is 0.495. The topological polar surface area (TPSA) is 34.1 Å². The molecule has 0 aliphatic heterocycles. The van der Waals surface area contributed by atoms with Gasteiger partial charge >= 0.3 is 0 Å². The van der Waals surface area contributed by atoms with Gasteiger partial charge in [0.1, 0.15) is 0 Å². The second-order valence-electron chi connectivity index (χ2n) is 4.46. The molecule has 0 bridgehead atoms. The molecule has 0 radical (unpaired) electrons. The lowest BCUT2D eigenvalue weighted by Gasteiger charge is -2.10. The Labute approximate surface area is 102 Å². The highest BCUT2D eigenvalue weighted by Crippen LogP contribution is 2.24. The fourth-order valence-corrected chi connectivity index (χ4v) is 1.97. The maximum Gasteiger partial charge on any atom is 0.0572 e. The van der Waals surface area contributed by atoms with Crippen LogP contribution in [0, 0.1) is 0 Å². The Balaban J connectivity index is 2.42. The van der Waals surface area contributed by atoms with Gasteiger partial charge in [-0.05, 0) is 28.5 Å². The predicted octanol–water partition coefficient (Wildman–Crippen LogP) is 3.01. The van der Waals surface area contributed by atoms with Crippen LogP contribution in [0.1, 0.15) is 30.9 Å². The molecule has 0 aliphatic rings. The highest BCUT2D eigenvalue weighted by atomic mass is 16.6. The molecule has 1 aromatic heterocycles. The molecule has 0 fully saturated rings. The second kappa shape index (κ2) is 5.25. The van der Waals surface area contributed by atoms with Crippen LogP contribution in [0.25, 0.3) is 10.8 Å². The SMILES string of the molecule is CONCc1ccc2c(C(C)C)cncc2c1. The zero-order chi connectivity index (χ0) is 12.3. The number of rotatable bonds is 4. The monoisotopic (exact) mass is 230 g/mol. The Kier molecular flexibility index (Phi) is 3.71. The first kappa shape index (κ1) is 12.0. The van der Waals surface area contributed by atoms with Crippen molar-refractivity contribution < 1.29 is 4.84 Å². The summed E-state index contributed by atoms with van der Waals surface area (Å²) in [5.74, 6) is 0.495. The van der Waals surface area contributed by atoms with E-state index in [2.05, 4.69) is 42.5 Å². The van der Waals surface area contributed by atoms with Crippen molar-refractivity contribution >= 4 is 10.8 Å².